The lowest BCUT2D eigenvalue weighted by atomic mass is 9.69. The van der Waals surface area contributed by atoms with E-state index in [1.165, 1.54) is 46.3 Å². The monoisotopic (exact) mass is 693 g/mol. The highest BCUT2D eigenvalue weighted by Gasteiger charge is 2.52. The molecule has 1 aromatic heterocycles. The van der Waals surface area contributed by atoms with E-state index in [2.05, 4.69) is 146 Å². The van der Waals surface area contributed by atoms with Crippen LogP contribution in [0, 0.1) is 5.92 Å². The molecule has 2 aliphatic heterocycles. The van der Waals surface area contributed by atoms with Crippen LogP contribution in [0.3, 0.4) is 0 Å². The van der Waals surface area contributed by atoms with Crippen LogP contribution < -0.4 is 15.1 Å². The maximum atomic E-state index is 6.25. The Balaban J connectivity index is 0.905. The van der Waals surface area contributed by atoms with Crippen LogP contribution in [0.15, 0.2) is 116 Å². The Bertz CT molecular complexity index is 1920. The lowest BCUT2D eigenvalue weighted by Gasteiger charge is -2.36. The third-order valence-electron chi connectivity index (χ3n) is 12.2. The van der Waals surface area contributed by atoms with Gasteiger partial charge in [0.15, 0.2) is 0 Å². The van der Waals surface area contributed by atoms with Crippen molar-refractivity contribution in [2.45, 2.75) is 96.0 Å². The van der Waals surface area contributed by atoms with Gasteiger partial charge in [-0.25, -0.2) is 0 Å². The number of aromatic nitrogens is 2. The van der Waals surface area contributed by atoms with Crippen molar-refractivity contribution in [3.8, 4) is 5.75 Å². The molecule has 0 spiro atoms. The molecule has 8 rings (SSSR count). The minimum atomic E-state index is -0.358. The minimum absolute atomic E-state index is 0.307. The zero-order valence-electron chi connectivity index (χ0n) is 31.2. The third kappa shape index (κ3) is 7.31. The summed E-state index contributed by atoms with van der Waals surface area (Å²) in [5.41, 5.74) is 8.49. The highest BCUT2D eigenvalue weighted by Crippen LogP contribution is 2.47. The average molecular weight is 694 g/mol. The van der Waals surface area contributed by atoms with Crippen LogP contribution in [0.5, 0.6) is 5.75 Å². The van der Waals surface area contributed by atoms with Gasteiger partial charge in [-0.15, -0.1) is 0 Å². The first kappa shape index (κ1) is 34.7. The molecule has 0 amide bonds. The molecule has 0 radical (unpaired) electrons. The molecule has 5 aromatic rings. The number of rotatable bonds is 10. The van der Waals surface area contributed by atoms with Gasteiger partial charge in [0.1, 0.15) is 12.4 Å². The van der Waals surface area contributed by atoms with Gasteiger partial charge in [-0.3, -0.25) is 4.68 Å². The first-order valence-corrected chi connectivity index (χ1v) is 19.3. The number of nitrogens with zero attached hydrogens (tertiary/aromatic N) is 3. The zero-order valence-corrected chi connectivity index (χ0v) is 31.2. The second-order valence-corrected chi connectivity index (χ2v) is 16.1. The normalized spacial score (nSPS) is 21.2. The van der Waals surface area contributed by atoms with E-state index in [1.54, 1.807) is 0 Å². The third-order valence-corrected chi connectivity index (χ3v) is 12.2. The smallest absolute Gasteiger partial charge is 0.489 e. The second kappa shape index (κ2) is 14.6. The fraction of sp³-hybridized carbons (Fsp3) is 0.400. The molecule has 7 heteroatoms. The van der Waals surface area contributed by atoms with E-state index in [0.29, 0.717) is 24.4 Å². The van der Waals surface area contributed by atoms with Gasteiger partial charge in [-0.1, -0.05) is 78.9 Å². The topological polar surface area (TPSA) is 48.8 Å². The first-order valence-electron chi connectivity index (χ1n) is 19.3. The number of anilines is 1. The van der Waals surface area contributed by atoms with Crippen molar-refractivity contribution in [2.24, 2.45) is 5.92 Å². The molecular formula is C45H52BN3O3. The van der Waals surface area contributed by atoms with E-state index in [0.717, 1.165) is 50.1 Å². The van der Waals surface area contributed by atoms with Gasteiger partial charge in [0, 0.05) is 49.1 Å². The molecule has 2 atom stereocenters. The van der Waals surface area contributed by atoms with Crippen molar-refractivity contribution in [2.75, 3.05) is 18.0 Å². The van der Waals surface area contributed by atoms with Crippen LogP contribution in [0.1, 0.15) is 93.0 Å². The maximum absolute atomic E-state index is 6.25. The summed E-state index contributed by atoms with van der Waals surface area (Å²) >= 11 is 0. The summed E-state index contributed by atoms with van der Waals surface area (Å²) in [6, 6.07) is 37.8. The zero-order chi connectivity index (χ0) is 35.7. The molecule has 52 heavy (non-hydrogen) atoms. The predicted octanol–water partition coefficient (Wildman–Crippen LogP) is 8.93. The van der Waals surface area contributed by atoms with Gasteiger partial charge in [-0.2, -0.15) is 5.10 Å². The first-order chi connectivity index (χ1) is 25.2. The maximum Gasteiger partial charge on any atom is 0.498 e. The van der Waals surface area contributed by atoms with E-state index in [-0.39, 0.29) is 18.3 Å². The van der Waals surface area contributed by atoms with Crippen molar-refractivity contribution in [3.05, 3.63) is 143 Å². The molecule has 0 bridgehead atoms. The molecule has 268 valence electrons. The Hall–Kier alpha value is -4.33. The van der Waals surface area contributed by atoms with Gasteiger partial charge in [0.05, 0.1) is 11.2 Å². The molecule has 4 aromatic carbocycles. The van der Waals surface area contributed by atoms with Gasteiger partial charge in [0.2, 0.25) is 0 Å². The number of hydrogen-bond donors (Lipinski definition) is 0. The van der Waals surface area contributed by atoms with E-state index in [9.17, 15) is 0 Å². The fourth-order valence-corrected chi connectivity index (χ4v) is 8.39. The molecule has 0 N–H and O–H groups in total. The summed E-state index contributed by atoms with van der Waals surface area (Å²) in [6.45, 7) is 12.1. The molecule has 1 unspecified atom stereocenters. The summed E-state index contributed by atoms with van der Waals surface area (Å²) in [5, 5.41) is 4.65. The number of aryl methyl sites for hydroxylation is 2. The summed E-state index contributed by atoms with van der Waals surface area (Å²) < 4.78 is 20.8. The quantitative estimate of drug-likeness (QED) is 0.137. The average Bonchev–Trinajstić information content (AvgIpc) is 3.74. The number of ether oxygens (including phenoxy) is 1. The van der Waals surface area contributed by atoms with Crippen LogP contribution in [0.25, 0.3) is 0 Å². The van der Waals surface area contributed by atoms with Crippen molar-refractivity contribution in [3.63, 3.8) is 0 Å². The summed E-state index contributed by atoms with van der Waals surface area (Å²) in [5.74, 6) is 2.40. The number of hydrogen-bond acceptors (Lipinski definition) is 5. The Morgan fingerprint density at radius 1 is 0.788 bits per heavy atom. The van der Waals surface area contributed by atoms with E-state index < -0.39 is 0 Å². The summed E-state index contributed by atoms with van der Waals surface area (Å²) in [6.07, 6.45) is 9.73. The number of fused-ring (bicyclic) bond motifs is 1. The molecule has 6 nitrogen and oxygen atoms in total. The van der Waals surface area contributed by atoms with Crippen LogP contribution >= 0.6 is 0 Å². The van der Waals surface area contributed by atoms with Crippen molar-refractivity contribution >= 4 is 18.3 Å². The van der Waals surface area contributed by atoms with Crippen molar-refractivity contribution in [1.82, 2.24) is 9.78 Å². The second-order valence-electron chi connectivity index (χ2n) is 16.1. The molecule has 2 fully saturated rings. The van der Waals surface area contributed by atoms with Crippen LogP contribution in [0.4, 0.5) is 5.69 Å². The lowest BCUT2D eigenvalue weighted by Crippen LogP contribution is -2.41. The Labute approximate surface area is 310 Å². The van der Waals surface area contributed by atoms with Crippen molar-refractivity contribution < 1.29 is 14.0 Å². The largest absolute Gasteiger partial charge is 0.498 e. The highest BCUT2D eigenvalue weighted by molar-refractivity contribution is 6.62. The minimum Gasteiger partial charge on any atom is -0.489 e. The Morgan fingerprint density at radius 3 is 2.19 bits per heavy atom. The number of piperidine rings is 1. The molecule has 0 saturated carbocycles. The van der Waals surface area contributed by atoms with Crippen LogP contribution in [-0.4, -0.2) is 41.2 Å². The molecule has 3 aliphatic rings. The Kier molecular flexibility index (Phi) is 9.75. The van der Waals surface area contributed by atoms with Gasteiger partial charge < -0.3 is 18.9 Å². The van der Waals surface area contributed by atoms with Gasteiger partial charge in [0.25, 0.3) is 0 Å². The fourth-order valence-electron chi connectivity index (χ4n) is 8.39. The Morgan fingerprint density at radius 2 is 1.48 bits per heavy atom. The van der Waals surface area contributed by atoms with Gasteiger partial charge in [-0.05, 0) is 124 Å². The standard InChI is InChI=1S/C45H52BN3O3/c1-44(2)45(3,4)52-46(51-44)38-30-47-49(31-38)28-25-33-23-26-48(27-24-33)39-18-15-36(16-19-39)43-41(35-13-9-6-10-14-35)21-17-37-29-40(20-22-42(37)43)50-32-34-11-7-5-8-12-34/h5-16,18-20,22,29-31,33,41,43H,17,21,23-28,32H2,1-4H3/t41?,43-/m0/s1. The van der Waals surface area contributed by atoms with E-state index in [1.807, 2.05) is 12.3 Å². The molecule has 2 saturated heterocycles. The number of benzene rings is 4. The van der Waals surface area contributed by atoms with E-state index in [4.69, 9.17) is 14.0 Å². The van der Waals surface area contributed by atoms with Gasteiger partial charge >= 0.3 is 7.12 Å². The van der Waals surface area contributed by atoms with Crippen LogP contribution in [-0.2, 0) is 28.9 Å². The molecule has 3 heterocycles. The SMILES string of the molecule is CC1(C)OB(c2cnn(CCC3CCN(c4ccc([C@@H]5c6ccc(OCc7ccccc7)cc6CCC5c5ccccc5)cc4)CC3)c2)OC1(C)C. The summed E-state index contributed by atoms with van der Waals surface area (Å²) in [7, 11) is -0.358. The lowest BCUT2D eigenvalue weighted by molar-refractivity contribution is 0.00578. The summed E-state index contributed by atoms with van der Waals surface area (Å²) in [4.78, 5) is 2.57. The predicted molar refractivity (Wildman–Crippen MR) is 211 cm³/mol. The van der Waals surface area contributed by atoms with Crippen LogP contribution in [0.2, 0.25) is 0 Å². The van der Waals surface area contributed by atoms with E-state index >= 15 is 0 Å². The van der Waals surface area contributed by atoms with Crippen molar-refractivity contribution in [1.29, 1.82) is 0 Å². The highest BCUT2D eigenvalue weighted by atomic mass is 16.7. The molecule has 1 aliphatic carbocycles. The molecular weight excluding hydrogens is 641 g/mol.